The second-order valence-electron chi connectivity index (χ2n) is 4.88. The van der Waals surface area contributed by atoms with Gasteiger partial charge in [0.2, 0.25) is 5.91 Å². The Hall–Kier alpha value is -1.49. The molecule has 2 amide bonds. The zero-order valence-electron chi connectivity index (χ0n) is 11.7. The van der Waals surface area contributed by atoms with Gasteiger partial charge < -0.3 is 10.2 Å². The number of para-hydroxylation sites is 1. The topological polar surface area (TPSA) is 49.4 Å². The molecule has 2 rings (SSSR count). The average Bonchev–Trinajstić information content (AvgIpc) is 2.48. The highest BCUT2D eigenvalue weighted by Gasteiger charge is 2.20. The van der Waals surface area contributed by atoms with Gasteiger partial charge >= 0.3 is 0 Å². The summed E-state index contributed by atoms with van der Waals surface area (Å²) in [5.41, 5.74) is 1.20. The molecule has 0 unspecified atom stereocenters. The Labute approximate surface area is 123 Å². The molecule has 1 N–H and O–H groups in total. The molecule has 4 nitrogen and oxygen atoms in total. The van der Waals surface area contributed by atoms with Crippen LogP contribution in [0.1, 0.15) is 29.6 Å². The monoisotopic (exact) mass is 292 g/mol. The summed E-state index contributed by atoms with van der Waals surface area (Å²) in [5.74, 6) is 0.341. The third-order valence-electron chi connectivity index (χ3n) is 3.35. The predicted molar refractivity (Wildman–Crippen MR) is 83.2 cm³/mol. The van der Waals surface area contributed by atoms with Crippen LogP contribution in [-0.4, -0.2) is 41.8 Å². The number of hydrogen-bond acceptors (Lipinski definition) is 3. The van der Waals surface area contributed by atoms with Crippen molar-refractivity contribution in [2.45, 2.75) is 19.3 Å². The van der Waals surface area contributed by atoms with E-state index in [1.165, 1.54) is 18.2 Å². The summed E-state index contributed by atoms with van der Waals surface area (Å²) in [6.45, 7) is 1.62. The molecule has 0 aliphatic carbocycles. The summed E-state index contributed by atoms with van der Waals surface area (Å²) in [6, 6.07) is 7.24. The summed E-state index contributed by atoms with van der Waals surface area (Å²) in [5, 5.41) is 2.82. The standard InChI is InChI=1S/C15H20N2O2S/c1-20-11-14(18)16-13-8-4-3-7-12(13)15(19)17-9-5-2-6-10-17/h3-4,7-8H,2,5-6,9-11H2,1H3,(H,16,18). The molecular formula is C15H20N2O2S. The van der Waals surface area contributed by atoms with Crippen molar-refractivity contribution in [2.24, 2.45) is 0 Å². The van der Waals surface area contributed by atoms with E-state index in [1.807, 2.05) is 23.3 Å². The van der Waals surface area contributed by atoms with Crippen LogP contribution in [0.25, 0.3) is 0 Å². The van der Waals surface area contributed by atoms with E-state index in [2.05, 4.69) is 5.32 Å². The minimum absolute atomic E-state index is 0.0183. The van der Waals surface area contributed by atoms with Gasteiger partial charge in [-0.2, -0.15) is 11.8 Å². The Balaban J connectivity index is 2.14. The van der Waals surface area contributed by atoms with Crippen LogP contribution in [-0.2, 0) is 4.79 Å². The van der Waals surface area contributed by atoms with Gasteiger partial charge in [0, 0.05) is 13.1 Å². The average molecular weight is 292 g/mol. The summed E-state index contributed by atoms with van der Waals surface area (Å²) >= 11 is 1.46. The van der Waals surface area contributed by atoms with Crippen LogP contribution in [0.4, 0.5) is 5.69 Å². The number of piperidine rings is 1. The first-order valence-corrected chi connectivity index (χ1v) is 8.29. The molecule has 0 spiro atoms. The molecule has 1 heterocycles. The van der Waals surface area contributed by atoms with Crippen molar-refractivity contribution in [1.82, 2.24) is 4.90 Å². The van der Waals surface area contributed by atoms with E-state index >= 15 is 0 Å². The number of anilines is 1. The smallest absolute Gasteiger partial charge is 0.255 e. The first-order chi connectivity index (χ1) is 9.72. The van der Waals surface area contributed by atoms with Crippen LogP contribution in [0, 0.1) is 0 Å². The molecule has 0 atom stereocenters. The number of thioether (sulfide) groups is 1. The lowest BCUT2D eigenvalue weighted by molar-refractivity contribution is -0.113. The van der Waals surface area contributed by atoms with Crippen LogP contribution in [0.2, 0.25) is 0 Å². The van der Waals surface area contributed by atoms with E-state index in [-0.39, 0.29) is 11.8 Å². The van der Waals surface area contributed by atoms with E-state index in [0.717, 1.165) is 25.9 Å². The first-order valence-electron chi connectivity index (χ1n) is 6.89. The summed E-state index contributed by atoms with van der Waals surface area (Å²) in [6.07, 6.45) is 5.19. The minimum Gasteiger partial charge on any atom is -0.339 e. The van der Waals surface area contributed by atoms with E-state index in [9.17, 15) is 9.59 Å². The number of benzene rings is 1. The quantitative estimate of drug-likeness (QED) is 0.928. The Morgan fingerprint density at radius 3 is 2.60 bits per heavy atom. The number of rotatable bonds is 4. The molecule has 1 aliphatic heterocycles. The van der Waals surface area contributed by atoms with Gasteiger partial charge in [-0.1, -0.05) is 12.1 Å². The fourth-order valence-corrected chi connectivity index (χ4v) is 2.70. The molecule has 1 aromatic carbocycles. The maximum atomic E-state index is 12.5. The second kappa shape index (κ2) is 7.33. The van der Waals surface area contributed by atoms with Gasteiger partial charge in [0.25, 0.3) is 5.91 Å². The molecule has 1 fully saturated rings. The molecule has 0 saturated carbocycles. The summed E-state index contributed by atoms with van der Waals surface area (Å²) < 4.78 is 0. The molecule has 20 heavy (non-hydrogen) atoms. The third kappa shape index (κ3) is 3.76. The van der Waals surface area contributed by atoms with Gasteiger partial charge in [-0.05, 0) is 37.7 Å². The number of amides is 2. The van der Waals surface area contributed by atoms with E-state index < -0.39 is 0 Å². The Morgan fingerprint density at radius 1 is 1.20 bits per heavy atom. The fraction of sp³-hybridized carbons (Fsp3) is 0.467. The van der Waals surface area contributed by atoms with Crippen LogP contribution in [0.15, 0.2) is 24.3 Å². The third-order valence-corrected chi connectivity index (χ3v) is 3.90. The predicted octanol–water partition coefficient (Wildman–Crippen LogP) is 2.61. The van der Waals surface area contributed by atoms with Gasteiger partial charge in [-0.15, -0.1) is 0 Å². The number of carbonyl (C=O) groups is 2. The maximum Gasteiger partial charge on any atom is 0.255 e. The van der Waals surface area contributed by atoms with Crippen molar-refractivity contribution in [3.8, 4) is 0 Å². The number of likely N-dealkylation sites (tertiary alicyclic amines) is 1. The highest BCUT2D eigenvalue weighted by Crippen LogP contribution is 2.20. The zero-order chi connectivity index (χ0) is 14.4. The highest BCUT2D eigenvalue weighted by molar-refractivity contribution is 7.99. The molecule has 0 bridgehead atoms. The van der Waals surface area contributed by atoms with Crippen LogP contribution >= 0.6 is 11.8 Å². The van der Waals surface area contributed by atoms with Gasteiger partial charge in [-0.3, -0.25) is 9.59 Å². The van der Waals surface area contributed by atoms with Gasteiger partial charge in [0.15, 0.2) is 0 Å². The van der Waals surface area contributed by atoms with Gasteiger partial charge in [0.05, 0.1) is 17.0 Å². The van der Waals surface area contributed by atoms with Crippen LogP contribution < -0.4 is 5.32 Å². The molecular weight excluding hydrogens is 272 g/mol. The molecule has 1 aliphatic rings. The number of carbonyl (C=O) groups excluding carboxylic acids is 2. The number of hydrogen-bond donors (Lipinski definition) is 1. The van der Waals surface area contributed by atoms with Crippen molar-refractivity contribution < 1.29 is 9.59 Å². The molecule has 1 saturated heterocycles. The zero-order valence-corrected chi connectivity index (χ0v) is 12.5. The van der Waals surface area contributed by atoms with Crippen molar-refractivity contribution in [2.75, 3.05) is 30.4 Å². The van der Waals surface area contributed by atoms with Crippen LogP contribution in [0.5, 0.6) is 0 Å². The molecule has 0 radical (unpaired) electrons. The van der Waals surface area contributed by atoms with Crippen LogP contribution in [0.3, 0.4) is 0 Å². The second-order valence-corrected chi connectivity index (χ2v) is 5.75. The summed E-state index contributed by atoms with van der Waals surface area (Å²) in [7, 11) is 0. The fourth-order valence-electron chi connectivity index (χ4n) is 2.36. The lowest BCUT2D eigenvalue weighted by Gasteiger charge is -2.27. The molecule has 108 valence electrons. The molecule has 5 heteroatoms. The van der Waals surface area contributed by atoms with E-state index in [4.69, 9.17) is 0 Å². The Bertz CT molecular complexity index is 485. The van der Waals surface area contributed by atoms with E-state index in [0.29, 0.717) is 17.0 Å². The molecule has 1 aromatic rings. The lowest BCUT2D eigenvalue weighted by Crippen LogP contribution is -2.36. The van der Waals surface area contributed by atoms with Crippen molar-refractivity contribution in [3.05, 3.63) is 29.8 Å². The van der Waals surface area contributed by atoms with Crippen molar-refractivity contribution in [3.63, 3.8) is 0 Å². The normalized spacial score (nSPS) is 14.9. The number of nitrogens with zero attached hydrogens (tertiary/aromatic N) is 1. The Kier molecular flexibility index (Phi) is 5.47. The lowest BCUT2D eigenvalue weighted by atomic mass is 10.1. The first kappa shape index (κ1) is 14.9. The minimum atomic E-state index is -0.0728. The maximum absolute atomic E-state index is 12.5. The highest BCUT2D eigenvalue weighted by atomic mass is 32.2. The largest absolute Gasteiger partial charge is 0.339 e. The molecule has 0 aromatic heterocycles. The number of nitrogens with one attached hydrogen (secondary N) is 1. The van der Waals surface area contributed by atoms with Crippen molar-refractivity contribution >= 4 is 29.3 Å². The SMILES string of the molecule is CSCC(=O)Nc1ccccc1C(=O)N1CCCCC1. The van der Waals surface area contributed by atoms with E-state index in [1.54, 1.807) is 12.1 Å². The van der Waals surface area contributed by atoms with Gasteiger partial charge in [0.1, 0.15) is 0 Å². The van der Waals surface area contributed by atoms with Gasteiger partial charge in [-0.25, -0.2) is 0 Å². The van der Waals surface area contributed by atoms with Crippen molar-refractivity contribution in [1.29, 1.82) is 0 Å². The Morgan fingerprint density at radius 2 is 1.90 bits per heavy atom. The summed E-state index contributed by atoms with van der Waals surface area (Å²) in [4.78, 5) is 26.1.